The van der Waals surface area contributed by atoms with E-state index >= 15 is 0 Å². The minimum Gasteiger partial charge on any atom is -0.870 e. The van der Waals surface area contributed by atoms with Gasteiger partial charge in [0.15, 0.2) is 11.6 Å². The molecule has 4 rings (SSSR count). The number of terminal acetylenes is 1. The third-order valence-electron chi connectivity index (χ3n) is 6.38. The van der Waals surface area contributed by atoms with Crippen LogP contribution in [0.25, 0.3) is 20.2 Å². The van der Waals surface area contributed by atoms with Gasteiger partial charge < -0.3 is 24.8 Å². The molecule has 0 aliphatic carbocycles. The Hall–Kier alpha value is -3.46. The van der Waals surface area contributed by atoms with Crippen LogP contribution in [0.1, 0.15) is 63.1 Å². The van der Waals surface area contributed by atoms with Crippen molar-refractivity contribution in [3.63, 3.8) is 0 Å². The maximum atomic E-state index is 12.4. The Morgan fingerprint density at radius 1 is 0.792 bits per heavy atom. The van der Waals surface area contributed by atoms with Crippen molar-refractivity contribution in [3.8, 4) is 35.3 Å². The van der Waals surface area contributed by atoms with E-state index in [1.807, 2.05) is 18.2 Å². The molecule has 0 fully saturated rings. The second-order valence-electron chi connectivity index (χ2n) is 11.1. The SMILES string of the molecule is C#Cc1cc2cc(C(=O)CCC(=O)O)sc2cc1OC.CCOC(=O)CCC(=O)c1cc2cc(C#C[Si](C)(C)C)c(OC)cc2s1.[Na+].[OH-]. The van der Waals surface area contributed by atoms with Crippen LogP contribution in [0.4, 0.5) is 0 Å². The zero-order valence-corrected chi connectivity index (χ0v) is 32.8. The van der Waals surface area contributed by atoms with Crippen molar-refractivity contribution in [2.45, 2.75) is 52.2 Å². The molecular weight excluding hydrogens is 680 g/mol. The van der Waals surface area contributed by atoms with Gasteiger partial charge in [0, 0.05) is 22.2 Å². The Labute approximate surface area is 311 Å². The molecule has 0 radical (unpaired) electrons. The van der Waals surface area contributed by atoms with Gasteiger partial charge in [-0.1, -0.05) is 31.5 Å². The Morgan fingerprint density at radius 3 is 1.71 bits per heavy atom. The normalized spacial score (nSPS) is 10.2. The molecule has 0 unspecified atom stereocenters. The van der Waals surface area contributed by atoms with E-state index in [9.17, 15) is 19.2 Å². The van der Waals surface area contributed by atoms with Gasteiger partial charge in [-0.25, -0.2) is 0 Å². The molecule has 0 amide bonds. The molecule has 0 saturated carbocycles. The maximum Gasteiger partial charge on any atom is 1.00 e. The molecule has 0 aliphatic rings. The number of methoxy groups -OCH3 is 2. The average Bonchev–Trinajstić information content (AvgIpc) is 3.63. The monoisotopic (exact) mass is 716 g/mol. The Balaban J connectivity index is 0.000000475. The van der Waals surface area contributed by atoms with Gasteiger partial charge in [-0.2, -0.15) is 0 Å². The van der Waals surface area contributed by atoms with Crippen molar-refractivity contribution >= 4 is 74.4 Å². The van der Waals surface area contributed by atoms with Crippen molar-refractivity contribution < 1.29 is 73.5 Å². The second kappa shape index (κ2) is 19.5. The van der Waals surface area contributed by atoms with E-state index in [-0.39, 0.29) is 78.3 Å². The minimum absolute atomic E-state index is 0. The predicted molar refractivity (Wildman–Crippen MR) is 188 cm³/mol. The van der Waals surface area contributed by atoms with Crippen LogP contribution in [0.5, 0.6) is 11.5 Å². The molecule has 4 aromatic rings. The molecule has 2 aromatic heterocycles. The molecule has 0 bridgehead atoms. The summed E-state index contributed by atoms with van der Waals surface area (Å²) in [5.74, 6) is 5.54. The number of Topliss-reactive ketones (excluding diaryl/α,β-unsaturated/α-hetero) is 2. The summed E-state index contributed by atoms with van der Waals surface area (Å²) in [5, 5.41) is 10.4. The van der Waals surface area contributed by atoms with Gasteiger partial charge in [-0.3, -0.25) is 19.2 Å². The first kappa shape index (κ1) is 42.6. The summed E-state index contributed by atoms with van der Waals surface area (Å²) in [6.07, 6.45) is 5.51. The number of ether oxygens (including phenoxy) is 3. The molecule has 0 aliphatic heterocycles. The van der Waals surface area contributed by atoms with Gasteiger partial charge >= 0.3 is 41.5 Å². The van der Waals surface area contributed by atoms with Crippen LogP contribution in [0, 0.1) is 23.8 Å². The molecule has 9 nitrogen and oxygen atoms in total. The van der Waals surface area contributed by atoms with Gasteiger partial charge in [-0.15, -0.1) is 34.6 Å². The first-order chi connectivity index (χ1) is 21.8. The fraction of sp³-hybridized carbons (Fsp3) is 0.314. The Kier molecular flexibility index (Phi) is 17.3. The fourth-order valence-electron chi connectivity index (χ4n) is 4.13. The van der Waals surface area contributed by atoms with E-state index in [2.05, 4.69) is 37.0 Å². The Bertz CT molecular complexity index is 1890. The van der Waals surface area contributed by atoms with Crippen LogP contribution in [-0.2, 0) is 14.3 Å². The first-order valence-corrected chi connectivity index (χ1v) is 19.6. The number of hydrogen-bond donors (Lipinski definition) is 1. The molecule has 13 heteroatoms. The van der Waals surface area contributed by atoms with Crippen LogP contribution in [0.2, 0.25) is 19.6 Å². The molecule has 48 heavy (non-hydrogen) atoms. The van der Waals surface area contributed by atoms with E-state index in [0.29, 0.717) is 27.7 Å². The number of carboxylic acid groups (broad SMARTS) is 1. The van der Waals surface area contributed by atoms with Crippen LogP contribution in [-0.4, -0.2) is 63.0 Å². The number of carboxylic acids is 1. The van der Waals surface area contributed by atoms with Crippen LogP contribution in [0.3, 0.4) is 0 Å². The third kappa shape index (κ3) is 12.2. The molecule has 248 valence electrons. The minimum atomic E-state index is -1.50. The summed E-state index contributed by atoms with van der Waals surface area (Å²) in [6, 6.07) is 11.1. The summed E-state index contributed by atoms with van der Waals surface area (Å²) in [7, 11) is 1.66. The number of aliphatic carboxylic acids is 1. The van der Waals surface area contributed by atoms with Crippen molar-refractivity contribution in [3.05, 3.63) is 57.3 Å². The van der Waals surface area contributed by atoms with E-state index in [0.717, 1.165) is 31.5 Å². The topological polar surface area (TPSA) is 146 Å². The van der Waals surface area contributed by atoms with Crippen LogP contribution in [0.15, 0.2) is 36.4 Å². The third-order valence-corrected chi connectivity index (χ3v) is 9.53. The average molecular weight is 717 g/mol. The summed E-state index contributed by atoms with van der Waals surface area (Å²) >= 11 is 2.73. The predicted octanol–water partition coefficient (Wildman–Crippen LogP) is 4.43. The summed E-state index contributed by atoms with van der Waals surface area (Å²) in [5.41, 5.74) is 4.81. The van der Waals surface area contributed by atoms with Crippen LogP contribution < -0.4 is 39.0 Å². The summed E-state index contributed by atoms with van der Waals surface area (Å²) in [4.78, 5) is 47.4. The fourth-order valence-corrected chi connectivity index (χ4v) is 6.72. The van der Waals surface area contributed by atoms with Crippen molar-refractivity contribution in [1.29, 1.82) is 0 Å². The Morgan fingerprint density at radius 2 is 1.27 bits per heavy atom. The number of fused-ring (bicyclic) bond motifs is 2. The quantitative estimate of drug-likeness (QED) is 0.103. The standard InChI is InChI=1S/C20H24O4SSi.C15H12O4S.Na.H2O/c1-6-24-20(22)8-7-16(21)19-12-15-11-14(9-10-26(3,4)5)17(23-2)13-18(15)25-19;1-3-9-6-10-7-14(11(16)4-5-15(17)18)20-13(10)8-12(9)19-2;;/h11-13H,6-8H2,1-5H3;1,6-8H,4-5H2,2H3,(H,17,18);;1H2/q;;+1;/p-1. The van der Waals surface area contributed by atoms with E-state index in [4.69, 9.17) is 25.7 Å². The molecule has 2 N–H and O–H groups in total. The van der Waals surface area contributed by atoms with Crippen molar-refractivity contribution in [2.24, 2.45) is 0 Å². The number of ketones is 2. The van der Waals surface area contributed by atoms with E-state index in [1.54, 1.807) is 32.2 Å². The molecule has 2 heterocycles. The van der Waals surface area contributed by atoms with E-state index in [1.165, 1.54) is 29.8 Å². The van der Waals surface area contributed by atoms with Gasteiger partial charge in [0.25, 0.3) is 0 Å². The maximum absolute atomic E-state index is 12.4. The van der Waals surface area contributed by atoms with Crippen molar-refractivity contribution in [2.75, 3.05) is 20.8 Å². The number of carbonyl (C=O) groups excluding carboxylic acids is 3. The molecule has 0 spiro atoms. The zero-order valence-electron chi connectivity index (χ0n) is 28.1. The largest absolute Gasteiger partial charge is 1.00 e. The molecular formula is C35H37NaO9S2Si. The number of hydrogen-bond acceptors (Lipinski definition) is 10. The molecule has 0 atom stereocenters. The van der Waals surface area contributed by atoms with Gasteiger partial charge in [0.05, 0.1) is 54.5 Å². The summed E-state index contributed by atoms with van der Waals surface area (Å²) < 4.78 is 17.4. The van der Waals surface area contributed by atoms with Crippen LogP contribution >= 0.6 is 22.7 Å². The second-order valence-corrected chi connectivity index (χ2v) is 18.0. The van der Waals surface area contributed by atoms with Gasteiger partial charge in [-0.05, 0) is 54.1 Å². The molecule has 0 saturated heterocycles. The first-order valence-electron chi connectivity index (χ1n) is 14.4. The number of carbonyl (C=O) groups is 4. The summed E-state index contributed by atoms with van der Waals surface area (Å²) in [6.45, 7) is 8.65. The van der Waals surface area contributed by atoms with Crippen molar-refractivity contribution in [1.82, 2.24) is 0 Å². The van der Waals surface area contributed by atoms with Gasteiger partial charge in [0.2, 0.25) is 0 Å². The number of rotatable bonds is 11. The molecule has 2 aromatic carbocycles. The smallest absolute Gasteiger partial charge is 0.870 e. The zero-order chi connectivity index (χ0) is 34.0. The number of benzene rings is 2. The van der Waals surface area contributed by atoms with Gasteiger partial charge in [0.1, 0.15) is 19.6 Å². The van der Waals surface area contributed by atoms with E-state index < -0.39 is 14.0 Å². The number of esters is 1. The number of thiophene rings is 2.